The zero-order valence-corrected chi connectivity index (χ0v) is 15.4. The second kappa shape index (κ2) is 8.86. The molecule has 2 atom stereocenters. The Labute approximate surface area is 141 Å². The molecule has 1 heterocycles. The van der Waals surface area contributed by atoms with Crippen LogP contribution in [0, 0.1) is 26.7 Å². The van der Waals surface area contributed by atoms with E-state index < -0.39 is 12.0 Å². The summed E-state index contributed by atoms with van der Waals surface area (Å²) >= 11 is 1.26. The van der Waals surface area contributed by atoms with Crippen molar-refractivity contribution in [3.63, 3.8) is 0 Å². The van der Waals surface area contributed by atoms with E-state index in [4.69, 9.17) is 4.74 Å². The third-order valence-corrected chi connectivity index (χ3v) is 4.78. The highest BCUT2D eigenvalue weighted by Gasteiger charge is 2.26. The number of nitrogens with zero attached hydrogens (tertiary/aromatic N) is 2. The van der Waals surface area contributed by atoms with Crippen LogP contribution in [0.15, 0.2) is 5.16 Å². The van der Waals surface area contributed by atoms with Gasteiger partial charge in [0.1, 0.15) is 6.04 Å². The zero-order chi connectivity index (χ0) is 17.6. The van der Waals surface area contributed by atoms with Crippen LogP contribution in [-0.2, 0) is 14.3 Å². The van der Waals surface area contributed by atoms with E-state index in [2.05, 4.69) is 15.3 Å². The standard InChI is InChI=1S/C16H25N3O3S/c1-7-9(2)14(15(21)22-6)19-13(20)8-23-16-17-11(4)10(3)12(5)18-16/h9,14H,7-8H2,1-6H3,(H,19,20)/t9-,14+/m0/s1. The molecule has 1 aromatic heterocycles. The maximum Gasteiger partial charge on any atom is 0.328 e. The SMILES string of the molecule is CC[C@H](C)[C@@H](NC(=O)CSc1nc(C)c(C)c(C)n1)C(=O)OC. The fourth-order valence-corrected chi connectivity index (χ4v) is 2.69. The molecule has 0 fully saturated rings. The molecule has 0 aliphatic rings. The molecular weight excluding hydrogens is 314 g/mol. The molecule has 0 aromatic carbocycles. The van der Waals surface area contributed by atoms with Crippen molar-refractivity contribution < 1.29 is 14.3 Å². The van der Waals surface area contributed by atoms with Gasteiger partial charge in [-0.3, -0.25) is 4.79 Å². The first-order valence-electron chi connectivity index (χ1n) is 7.61. The third kappa shape index (κ3) is 5.49. The number of carbonyl (C=O) groups excluding carboxylic acids is 2. The summed E-state index contributed by atoms with van der Waals surface area (Å²) in [6, 6.07) is -0.625. The van der Waals surface area contributed by atoms with E-state index in [9.17, 15) is 9.59 Å². The topological polar surface area (TPSA) is 81.2 Å². The molecule has 7 heteroatoms. The van der Waals surface area contributed by atoms with E-state index in [1.54, 1.807) is 0 Å². The lowest BCUT2D eigenvalue weighted by molar-refractivity contribution is -0.146. The van der Waals surface area contributed by atoms with Crippen LogP contribution in [0.1, 0.15) is 37.2 Å². The van der Waals surface area contributed by atoms with Crippen LogP contribution >= 0.6 is 11.8 Å². The lowest BCUT2D eigenvalue weighted by atomic mass is 9.99. The van der Waals surface area contributed by atoms with E-state index in [1.165, 1.54) is 18.9 Å². The monoisotopic (exact) mass is 339 g/mol. The largest absolute Gasteiger partial charge is 0.467 e. The Hall–Kier alpha value is -1.63. The number of amides is 1. The molecule has 0 spiro atoms. The van der Waals surface area contributed by atoms with Gasteiger partial charge in [-0.1, -0.05) is 32.0 Å². The highest BCUT2D eigenvalue weighted by molar-refractivity contribution is 7.99. The van der Waals surface area contributed by atoms with E-state index in [0.29, 0.717) is 5.16 Å². The molecule has 0 saturated carbocycles. The van der Waals surface area contributed by atoms with Crippen molar-refractivity contribution in [1.29, 1.82) is 0 Å². The number of aryl methyl sites for hydroxylation is 2. The quantitative estimate of drug-likeness (QED) is 0.466. The summed E-state index contributed by atoms with van der Waals surface area (Å²) < 4.78 is 4.76. The van der Waals surface area contributed by atoms with Gasteiger partial charge >= 0.3 is 5.97 Å². The van der Waals surface area contributed by atoms with Gasteiger partial charge in [-0.25, -0.2) is 14.8 Å². The average Bonchev–Trinajstić information content (AvgIpc) is 2.53. The number of nitrogens with one attached hydrogen (secondary N) is 1. The molecule has 1 rings (SSSR count). The minimum absolute atomic E-state index is 0.0107. The number of aromatic nitrogens is 2. The molecule has 1 aromatic rings. The Morgan fingerprint density at radius 2 is 1.78 bits per heavy atom. The van der Waals surface area contributed by atoms with Crippen molar-refractivity contribution in [1.82, 2.24) is 15.3 Å². The molecule has 1 N–H and O–H groups in total. The second-order valence-corrected chi connectivity index (χ2v) is 6.49. The van der Waals surface area contributed by atoms with Gasteiger partial charge in [-0.15, -0.1) is 0 Å². The Morgan fingerprint density at radius 1 is 1.22 bits per heavy atom. The zero-order valence-electron chi connectivity index (χ0n) is 14.6. The summed E-state index contributed by atoms with van der Waals surface area (Å²) in [6.45, 7) is 9.69. The normalized spacial score (nSPS) is 13.3. The van der Waals surface area contributed by atoms with Crippen LogP contribution < -0.4 is 5.32 Å². The molecule has 23 heavy (non-hydrogen) atoms. The minimum Gasteiger partial charge on any atom is -0.467 e. The lowest BCUT2D eigenvalue weighted by Gasteiger charge is -2.21. The highest BCUT2D eigenvalue weighted by Crippen LogP contribution is 2.17. The predicted octanol–water partition coefficient (Wildman–Crippen LogP) is 2.20. The summed E-state index contributed by atoms with van der Waals surface area (Å²) in [6.07, 6.45) is 0.770. The molecule has 0 unspecified atom stereocenters. The maximum absolute atomic E-state index is 12.1. The van der Waals surface area contributed by atoms with Gasteiger partial charge in [0.2, 0.25) is 5.91 Å². The summed E-state index contributed by atoms with van der Waals surface area (Å²) in [5.74, 6) is -0.482. The number of ether oxygens (including phenoxy) is 1. The Morgan fingerprint density at radius 3 is 2.26 bits per heavy atom. The van der Waals surface area contributed by atoms with E-state index in [-0.39, 0.29) is 17.6 Å². The van der Waals surface area contributed by atoms with Gasteiger partial charge in [0.15, 0.2) is 5.16 Å². The molecule has 0 aliphatic heterocycles. The molecule has 0 radical (unpaired) electrons. The maximum atomic E-state index is 12.1. The van der Waals surface area contributed by atoms with Crippen LogP contribution in [-0.4, -0.2) is 40.7 Å². The van der Waals surface area contributed by atoms with Crippen LogP contribution in [0.2, 0.25) is 0 Å². The number of methoxy groups -OCH3 is 1. The van der Waals surface area contributed by atoms with Gasteiger partial charge in [0, 0.05) is 11.4 Å². The van der Waals surface area contributed by atoms with Gasteiger partial charge in [0.25, 0.3) is 0 Å². The molecule has 0 bridgehead atoms. The number of esters is 1. The average molecular weight is 339 g/mol. The van der Waals surface area contributed by atoms with Crippen LogP contribution in [0.5, 0.6) is 0 Å². The van der Waals surface area contributed by atoms with Crippen molar-refractivity contribution in [3.8, 4) is 0 Å². The van der Waals surface area contributed by atoms with E-state index in [0.717, 1.165) is 23.4 Å². The van der Waals surface area contributed by atoms with Crippen molar-refractivity contribution in [2.75, 3.05) is 12.9 Å². The minimum atomic E-state index is -0.625. The molecule has 128 valence electrons. The van der Waals surface area contributed by atoms with Gasteiger partial charge < -0.3 is 10.1 Å². The molecular formula is C16H25N3O3S. The lowest BCUT2D eigenvalue weighted by Crippen LogP contribution is -2.46. The Bertz CT molecular complexity index is 555. The smallest absolute Gasteiger partial charge is 0.328 e. The Balaban J connectivity index is 2.67. The predicted molar refractivity (Wildman–Crippen MR) is 90.4 cm³/mol. The van der Waals surface area contributed by atoms with Crippen LogP contribution in [0.3, 0.4) is 0 Å². The van der Waals surface area contributed by atoms with Gasteiger partial charge in [0.05, 0.1) is 12.9 Å². The molecule has 6 nitrogen and oxygen atoms in total. The third-order valence-electron chi connectivity index (χ3n) is 3.93. The number of hydrogen-bond acceptors (Lipinski definition) is 6. The van der Waals surface area contributed by atoms with Crippen molar-refractivity contribution in [2.24, 2.45) is 5.92 Å². The molecule has 1 amide bonds. The Kier molecular flexibility index (Phi) is 7.48. The molecule has 0 saturated heterocycles. The first-order chi connectivity index (χ1) is 10.8. The first kappa shape index (κ1) is 19.4. The first-order valence-corrected chi connectivity index (χ1v) is 8.60. The molecule has 0 aliphatic carbocycles. The summed E-state index contributed by atoms with van der Waals surface area (Å²) in [7, 11) is 1.32. The van der Waals surface area contributed by atoms with E-state index >= 15 is 0 Å². The fraction of sp³-hybridized carbons (Fsp3) is 0.625. The van der Waals surface area contributed by atoms with Crippen molar-refractivity contribution in [2.45, 2.75) is 52.2 Å². The van der Waals surface area contributed by atoms with Crippen molar-refractivity contribution >= 4 is 23.6 Å². The number of rotatable bonds is 7. The van der Waals surface area contributed by atoms with Gasteiger partial charge in [-0.2, -0.15) is 0 Å². The summed E-state index contributed by atoms with van der Waals surface area (Å²) in [4.78, 5) is 32.6. The second-order valence-electron chi connectivity index (χ2n) is 5.54. The van der Waals surface area contributed by atoms with E-state index in [1.807, 2.05) is 34.6 Å². The van der Waals surface area contributed by atoms with Gasteiger partial charge in [-0.05, 0) is 32.3 Å². The fourth-order valence-electron chi connectivity index (χ4n) is 1.95. The summed E-state index contributed by atoms with van der Waals surface area (Å²) in [5.41, 5.74) is 2.88. The van der Waals surface area contributed by atoms with Crippen molar-refractivity contribution in [3.05, 3.63) is 17.0 Å². The number of thioether (sulfide) groups is 1. The summed E-state index contributed by atoms with van der Waals surface area (Å²) in [5, 5.41) is 3.31. The number of hydrogen-bond donors (Lipinski definition) is 1. The number of carbonyl (C=O) groups is 2. The van der Waals surface area contributed by atoms with Crippen LogP contribution in [0.25, 0.3) is 0 Å². The highest BCUT2D eigenvalue weighted by atomic mass is 32.2. The van der Waals surface area contributed by atoms with Crippen LogP contribution in [0.4, 0.5) is 0 Å².